The summed E-state index contributed by atoms with van der Waals surface area (Å²) in [4.78, 5) is 12.2. The van der Waals surface area contributed by atoms with Gasteiger partial charge in [0.25, 0.3) is 0 Å². The summed E-state index contributed by atoms with van der Waals surface area (Å²) in [6.45, 7) is 5.07. The Morgan fingerprint density at radius 1 is 1.25 bits per heavy atom. The molecule has 0 unspecified atom stereocenters. The van der Waals surface area contributed by atoms with Crippen LogP contribution in [-0.4, -0.2) is 39.8 Å². The average Bonchev–Trinajstić information content (AvgIpc) is 2.58. The Balaban J connectivity index is 0.00000288. The SMILES string of the molecule is COc1ccc(OC)c(CCC(=O)NCC2(C)CCNCC2)c1.Cl. The second-order valence-corrected chi connectivity index (χ2v) is 6.52. The number of hydrogen-bond acceptors (Lipinski definition) is 4. The van der Waals surface area contributed by atoms with Crippen LogP contribution in [0.3, 0.4) is 0 Å². The summed E-state index contributed by atoms with van der Waals surface area (Å²) >= 11 is 0. The van der Waals surface area contributed by atoms with Crippen molar-refractivity contribution in [3.05, 3.63) is 23.8 Å². The lowest BCUT2D eigenvalue weighted by Crippen LogP contribution is -2.42. The van der Waals surface area contributed by atoms with Crippen LogP contribution in [0.1, 0.15) is 31.7 Å². The zero-order chi connectivity index (χ0) is 16.7. The molecule has 0 spiro atoms. The van der Waals surface area contributed by atoms with E-state index in [4.69, 9.17) is 9.47 Å². The highest BCUT2D eigenvalue weighted by atomic mass is 35.5. The Morgan fingerprint density at radius 3 is 2.58 bits per heavy atom. The largest absolute Gasteiger partial charge is 0.497 e. The number of rotatable bonds is 7. The summed E-state index contributed by atoms with van der Waals surface area (Å²) in [6, 6.07) is 5.67. The first-order valence-corrected chi connectivity index (χ1v) is 8.25. The number of aryl methyl sites for hydroxylation is 1. The zero-order valence-corrected chi connectivity index (χ0v) is 15.6. The van der Waals surface area contributed by atoms with Crippen LogP contribution >= 0.6 is 12.4 Å². The van der Waals surface area contributed by atoms with Crippen LogP contribution in [0.2, 0.25) is 0 Å². The van der Waals surface area contributed by atoms with Crippen molar-refractivity contribution < 1.29 is 14.3 Å². The summed E-state index contributed by atoms with van der Waals surface area (Å²) < 4.78 is 10.6. The van der Waals surface area contributed by atoms with Crippen LogP contribution in [0.25, 0.3) is 0 Å². The van der Waals surface area contributed by atoms with E-state index in [1.807, 2.05) is 18.2 Å². The standard InChI is InChI=1S/C18H28N2O3.ClH/c1-18(8-10-19-11-9-18)13-20-17(21)7-4-14-12-15(22-2)5-6-16(14)23-3;/h5-6,12,19H,4,7-11,13H2,1-3H3,(H,20,21);1H. The summed E-state index contributed by atoms with van der Waals surface area (Å²) in [7, 11) is 3.28. The summed E-state index contributed by atoms with van der Waals surface area (Å²) in [5.41, 5.74) is 1.21. The van der Waals surface area contributed by atoms with Gasteiger partial charge in [-0.3, -0.25) is 4.79 Å². The fourth-order valence-corrected chi connectivity index (χ4v) is 2.93. The van der Waals surface area contributed by atoms with E-state index in [2.05, 4.69) is 17.6 Å². The van der Waals surface area contributed by atoms with Crippen molar-refractivity contribution >= 4 is 18.3 Å². The van der Waals surface area contributed by atoms with Crippen molar-refractivity contribution in [1.82, 2.24) is 10.6 Å². The first-order chi connectivity index (χ1) is 11.1. The number of amides is 1. The molecule has 2 N–H and O–H groups in total. The van der Waals surface area contributed by atoms with Gasteiger partial charge in [0, 0.05) is 13.0 Å². The Kier molecular flexibility index (Phi) is 8.36. The minimum atomic E-state index is 0. The highest BCUT2D eigenvalue weighted by molar-refractivity contribution is 5.85. The Hall–Kier alpha value is -1.46. The number of piperidine rings is 1. The van der Waals surface area contributed by atoms with Gasteiger partial charge >= 0.3 is 0 Å². The molecule has 0 atom stereocenters. The van der Waals surface area contributed by atoms with Gasteiger partial charge in [0.2, 0.25) is 5.91 Å². The van der Waals surface area contributed by atoms with Gasteiger partial charge in [-0.15, -0.1) is 12.4 Å². The van der Waals surface area contributed by atoms with E-state index in [-0.39, 0.29) is 23.7 Å². The molecule has 6 heteroatoms. The molecule has 1 heterocycles. The maximum atomic E-state index is 12.2. The van der Waals surface area contributed by atoms with Crippen LogP contribution in [-0.2, 0) is 11.2 Å². The molecule has 1 aliphatic heterocycles. The van der Waals surface area contributed by atoms with Gasteiger partial charge in [0.05, 0.1) is 14.2 Å². The molecule has 136 valence electrons. The van der Waals surface area contributed by atoms with Gasteiger partial charge in [0.1, 0.15) is 11.5 Å². The monoisotopic (exact) mass is 356 g/mol. The van der Waals surface area contributed by atoms with Crippen molar-refractivity contribution in [3.63, 3.8) is 0 Å². The van der Waals surface area contributed by atoms with Crippen molar-refractivity contribution in [3.8, 4) is 11.5 Å². The summed E-state index contributed by atoms with van der Waals surface area (Å²) in [5, 5.41) is 6.45. The third-order valence-corrected chi connectivity index (χ3v) is 4.63. The molecule has 0 saturated carbocycles. The van der Waals surface area contributed by atoms with Crippen LogP contribution in [0, 0.1) is 5.41 Å². The van der Waals surface area contributed by atoms with Gasteiger partial charge in [-0.2, -0.15) is 0 Å². The number of carbonyl (C=O) groups is 1. The second kappa shape index (κ2) is 9.74. The van der Waals surface area contributed by atoms with Gasteiger partial charge in [-0.1, -0.05) is 6.92 Å². The second-order valence-electron chi connectivity index (χ2n) is 6.52. The molecule has 1 fully saturated rings. The number of hydrogen-bond donors (Lipinski definition) is 2. The Labute approximate surface area is 150 Å². The van der Waals surface area contributed by atoms with E-state index in [0.717, 1.165) is 49.5 Å². The normalized spacial score (nSPS) is 16.0. The van der Waals surface area contributed by atoms with Gasteiger partial charge in [0.15, 0.2) is 0 Å². The molecule has 0 aliphatic carbocycles. The molecule has 1 aromatic carbocycles. The quantitative estimate of drug-likeness (QED) is 0.788. The molecule has 1 saturated heterocycles. The van der Waals surface area contributed by atoms with Crippen molar-refractivity contribution in [2.45, 2.75) is 32.6 Å². The van der Waals surface area contributed by atoms with Gasteiger partial charge < -0.3 is 20.1 Å². The van der Waals surface area contributed by atoms with E-state index < -0.39 is 0 Å². The third kappa shape index (κ3) is 5.87. The summed E-state index contributed by atoms with van der Waals surface area (Å²) in [5.74, 6) is 1.67. The maximum Gasteiger partial charge on any atom is 0.220 e. The van der Waals surface area contributed by atoms with Crippen LogP contribution in [0.4, 0.5) is 0 Å². The lowest BCUT2D eigenvalue weighted by atomic mass is 9.81. The van der Waals surface area contributed by atoms with E-state index in [1.54, 1.807) is 14.2 Å². The smallest absolute Gasteiger partial charge is 0.220 e. The van der Waals surface area contributed by atoms with Gasteiger partial charge in [-0.05, 0) is 61.5 Å². The van der Waals surface area contributed by atoms with Crippen molar-refractivity contribution in [1.29, 1.82) is 0 Å². The Morgan fingerprint density at radius 2 is 1.96 bits per heavy atom. The molecule has 0 bridgehead atoms. The van der Waals surface area contributed by atoms with E-state index in [0.29, 0.717) is 12.8 Å². The number of halogens is 1. The molecule has 2 rings (SSSR count). The number of carbonyl (C=O) groups excluding carboxylic acids is 1. The van der Waals surface area contributed by atoms with E-state index in [1.165, 1.54) is 0 Å². The molecular weight excluding hydrogens is 328 g/mol. The molecule has 0 radical (unpaired) electrons. The molecule has 24 heavy (non-hydrogen) atoms. The van der Waals surface area contributed by atoms with Crippen molar-refractivity contribution in [2.24, 2.45) is 5.41 Å². The molecule has 1 aromatic rings. The predicted octanol–water partition coefficient (Wildman–Crippen LogP) is 2.56. The molecular formula is C18H29ClN2O3. The minimum absolute atomic E-state index is 0. The lowest BCUT2D eigenvalue weighted by molar-refractivity contribution is -0.121. The van der Waals surface area contributed by atoms with Crippen molar-refractivity contribution in [2.75, 3.05) is 33.9 Å². The average molecular weight is 357 g/mol. The van der Waals surface area contributed by atoms with E-state index >= 15 is 0 Å². The number of methoxy groups -OCH3 is 2. The first-order valence-electron chi connectivity index (χ1n) is 8.25. The van der Waals surface area contributed by atoms with Crippen LogP contribution in [0.5, 0.6) is 11.5 Å². The highest BCUT2D eigenvalue weighted by Crippen LogP contribution is 2.27. The third-order valence-electron chi connectivity index (χ3n) is 4.63. The van der Waals surface area contributed by atoms with Crippen LogP contribution < -0.4 is 20.1 Å². The van der Waals surface area contributed by atoms with Gasteiger partial charge in [-0.25, -0.2) is 0 Å². The maximum absolute atomic E-state index is 12.2. The predicted molar refractivity (Wildman–Crippen MR) is 98.3 cm³/mol. The molecule has 0 aromatic heterocycles. The fraction of sp³-hybridized carbons (Fsp3) is 0.611. The molecule has 1 aliphatic rings. The molecule has 1 amide bonds. The zero-order valence-electron chi connectivity index (χ0n) is 14.8. The fourth-order valence-electron chi connectivity index (χ4n) is 2.93. The highest BCUT2D eigenvalue weighted by Gasteiger charge is 2.26. The van der Waals surface area contributed by atoms with Crippen LogP contribution in [0.15, 0.2) is 18.2 Å². The number of ether oxygens (including phenoxy) is 2. The number of nitrogens with one attached hydrogen (secondary N) is 2. The Bertz CT molecular complexity index is 531. The lowest BCUT2D eigenvalue weighted by Gasteiger charge is -2.34. The topological polar surface area (TPSA) is 59.6 Å². The number of benzene rings is 1. The van der Waals surface area contributed by atoms with E-state index in [9.17, 15) is 4.79 Å². The molecule has 5 nitrogen and oxygen atoms in total. The summed E-state index contributed by atoms with van der Waals surface area (Å²) in [6.07, 6.45) is 3.32. The minimum Gasteiger partial charge on any atom is -0.497 e. The first kappa shape index (κ1) is 20.6.